The Bertz CT molecular complexity index is 1330. The first-order valence-corrected chi connectivity index (χ1v) is 12.5. The Morgan fingerprint density at radius 3 is 1.36 bits per heavy atom. The van der Waals surface area contributed by atoms with Crippen molar-refractivity contribution in [3.8, 4) is 11.4 Å². The molecule has 2 aromatic carbocycles. The largest absolute Gasteiger partial charge is 0.324 e. The smallest absolute Gasteiger partial charge is 0.205 e. The van der Waals surface area contributed by atoms with Crippen LogP contribution in [0.4, 0.5) is 0 Å². The minimum atomic E-state index is 0.540. The van der Waals surface area contributed by atoms with Gasteiger partial charge in [-0.1, -0.05) is 38.1 Å². The quantitative estimate of drug-likeness (QED) is 0.208. The first-order chi connectivity index (χ1) is 17.7. The van der Waals surface area contributed by atoms with Gasteiger partial charge >= 0.3 is 0 Å². The zero-order valence-corrected chi connectivity index (χ0v) is 20.9. The molecule has 3 aromatic heterocycles. The third-order valence-electron chi connectivity index (χ3n) is 6.19. The third-order valence-corrected chi connectivity index (χ3v) is 6.19. The summed E-state index contributed by atoms with van der Waals surface area (Å²) in [7, 11) is 0. The fourth-order valence-electron chi connectivity index (χ4n) is 4.33. The minimum Gasteiger partial charge on any atom is -0.324 e. The van der Waals surface area contributed by atoms with Gasteiger partial charge in [-0.25, -0.2) is 0 Å². The first-order valence-electron chi connectivity index (χ1n) is 12.5. The van der Waals surface area contributed by atoms with E-state index in [4.69, 9.17) is 0 Å². The molecular weight excluding hydrogens is 438 g/mol. The summed E-state index contributed by atoms with van der Waals surface area (Å²) in [6, 6.07) is 32.0. The molecule has 0 amide bonds. The molecule has 0 aliphatic heterocycles. The second-order valence-electron chi connectivity index (χ2n) is 9.41. The maximum Gasteiger partial charge on any atom is 0.205 e. The fraction of sp³-hybridized carbons (Fsp3) is 0.121. The first kappa shape index (κ1) is 23.4. The molecule has 0 spiro atoms. The van der Waals surface area contributed by atoms with Crippen LogP contribution in [0, 0.1) is 5.92 Å². The van der Waals surface area contributed by atoms with Crippen LogP contribution in [-0.2, 0) is 6.54 Å². The van der Waals surface area contributed by atoms with Crippen molar-refractivity contribution < 1.29 is 4.57 Å². The van der Waals surface area contributed by atoms with Crippen molar-refractivity contribution >= 4 is 24.3 Å². The fourth-order valence-corrected chi connectivity index (χ4v) is 4.33. The molecular formula is C33H32N3+. The number of nitrogens with zero attached hydrogens (tertiary/aromatic N) is 3. The minimum absolute atomic E-state index is 0.540. The summed E-state index contributed by atoms with van der Waals surface area (Å²) < 4.78 is 6.64. The highest BCUT2D eigenvalue weighted by Crippen LogP contribution is 2.15. The van der Waals surface area contributed by atoms with Gasteiger partial charge in [0, 0.05) is 66.4 Å². The summed E-state index contributed by atoms with van der Waals surface area (Å²) in [5.41, 5.74) is 7.10. The number of hydrogen-bond donors (Lipinski definition) is 0. The number of pyridine rings is 1. The molecule has 0 aliphatic rings. The van der Waals surface area contributed by atoms with Gasteiger partial charge in [0.1, 0.15) is 0 Å². The van der Waals surface area contributed by atoms with Crippen LogP contribution in [0.5, 0.6) is 0 Å². The molecule has 0 fully saturated rings. The zero-order chi connectivity index (χ0) is 24.7. The summed E-state index contributed by atoms with van der Waals surface area (Å²) in [5.74, 6) is 0.540. The highest BCUT2D eigenvalue weighted by molar-refractivity contribution is 5.69. The predicted molar refractivity (Wildman–Crippen MR) is 151 cm³/mol. The maximum atomic E-state index is 2.40. The zero-order valence-electron chi connectivity index (χ0n) is 20.9. The molecule has 0 saturated heterocycles. The molecule has 3 heterocycles. The molecule has 0 N–H and O–H groups in total. The lowest BCUT2D eigenvalue weighted by atomic mass is 10.1. The van der Waals surface area contributed by atoms with E-state index in [0.29, 0.717) is 5.92 Å². The Labute approximate surface area is 213 Å². The lowest BCUT2D eigenvalue weighted by molar-refractivity contribution is -0.705. The SMILES string of the molecule is CC(C)C[n+]1c(/C=C/c2ccc(-n3cccc3)cc2)cccc1/C=C/c1ccc(-n2cccc2)cc1. The van der Waals surface area contributed by atoms with Gasteiger partial charge in [-0.3, -0.25) is 0 Å². The molecule has 5 aromatic rings. The summed E-state index contributed by atoms with van der Waals surface area (Å²) in [6.07, 6.45) is 17.1. The van der Waals surface area contributed by atoms with Crippen molar-refractivity contribution in [3.63, 3.8) is 0 Å². The van der Waals surface area contributed by atoms with Gasteiger partial charge < -0.3 is 9.13 Å². The molecule has 0 atom stereocenters. The number of benzene rings is 2. The van der Waals surface area contributed by atoms with Gasteiger partial charge in [0.05, 0.1) is 0 Å². The molecule has 0 saturated carbocycles. The van der Waals surface area contributed by atoms with Crippen LogP contribution in [0.2, 0.25) is 0 Å². The molecule has 3 heteroatoms. The Hall–Kier alpha value is -4.37. The summed E-state index contributed by atoms with van der Waals surface area (Å²) >= 11 is 0. The van der Waals surface area contributed by atoms with E-state index in [2.05, 4.69) is 143 Å². The normalized spacial score (nSPS) is 11.8. The molecule has 3 nitrogen and oxygen atoms in total. The van der Waals surface area contributed by atoms with E-state index in [-0.39, 0.29) is 0 Å². The van der Waals surface area contributed by atoms with Crippen LogP contribution >= 0.6 is 0 Å². The molecule has 5 rings (SSSR count). The predicted octanol–water partition coefficient (Wildman–Crippen LogP) is 7.55. The van der Waals surface area contributed by atoms with Crippen molar-refractivity contribution in [1.29, 1.82) is 0 Å². The van der Waals surface area contributed by atoms with Crippen molar-refractivity contribution in [1.82, 2.24) is 9.13 Å². The Morgan fingerprint density at radius 1 is 0.556 bits per heavy atom. The van der Waals surface area contributed by atoms with E-state index in [1.165, 1.54) is 33.9 Å². The van der Waals surface area contributed by atoms with Crippen LogP contribution in [0.1, 0.15) is 36.4 Å². The summed E-state index contributed by atoms with van der Waals surface area (Å²) in [6.45, 7) is 5.49. The second kappa shape index (κ2) is 10.9. The van der Waals surface area contributed by atoms with Crippen LogP contribution in [-0.4, -0.2) is 9.13 Å². The highest BCUT2D eigenvalue weighted by Gasteiger charge is 2.14. The van der Waals surface area contributed by atoms with E-state index in [1.54, 1.807) is 0 Å². The van der Waals surface area contributed by atoms with Crippen molar-refractivity contribution in [2.24, 2.45) is 5.92 Å². The monoisotopic (exact) mass is 470 g/mol. The third kappa shape index (κ3) is 5.64. The summed E-state index contributed by atoms with van der Waals surface area (Å²) in [4.78, 5) is 0. The van der Waals surface area contributed by atoms with E-state index >= 15 is 0 Å². The lowest BCUT2D eigenvalue weighted by Gasteiger charge is -2.07. The van der Waals surface area contributed by atoms with Crippen LogP contribution in [0.3, 0.4) is 0 Å². The Morgan fingerprint density at radius 2 is 0.972 bits per heavy atom. The van der Waals surface area contributed by atoms with Crippen LogP contribution in [0.15, 0.2) is 116 Å². The summed E-state index contributed by atoms with van der Waals surface area (Å²) in [5, 5.41) is 0. The van der Waals surface area contributed by atoms with E-state index in [1.807, 2.05) is 24.3 Å². The standard InChI is InChI=1S/C33H32N3/c1-27(2)26-36-32(20-14-28-10-16-30(17-11-28)34-22-3-4-23-34)8-7-9-33(36)21-15-29-12-18-31(19-13-29)35-24-5-6-25-35/h3-25,27H,26H2,1-2H3/q+1. The topological polar surface area (TPSA) is 13.7 Å². The average Bonchev–Trinajstić information content (AvgIpc) is 3.63. The van der Waals surface area contributed by atoms with Gasteiger partial charge in [-0.2, -0.15) is 4.57 Å². The van der Waals surface area contributed by atoms with Crippen LogP contribution < -0.4 is 4.57 Å². The van der Waals surface area contributed by atoms with E-state index < -0.39 is 0 Å². The van der Waals surface area contributed by atoms with Gasteiger partial charge in [0.15, 0.2) is 6.54 Å². The van der Waals surface area contributed by atoms with E-state index in [0.717, 1.165) is 6.54 Å². The Balaban J connectivity index is 1.37. The molecule has 0 radical (unpaired) electrons. The van der Waals surface area contributed by atoms with E-state index in [9.17, 15) is 0 Å². The Kier molecular flexibility index (Phi) is 7.09. The van der Waals surface area contributed by atoms with Crippen LogP contribution in [0.25, 0.3) is 35.7 Å². The second-order valence-corrected chi connectivity index (χ2v) is 9.41. The number of rotatable bonds is 8. The molecule has 0 bridgehead atoms. The maximum absolute atomic E-state index is 2.40. The number of hydrogen-bond acceptors (Lipinski definition) is 0. The highest BCUT2D eigenvalue weighted by atomic mass is 15.0. The molecule has 0 unspecified atom stereocenters. The molecule has 178 valence electrons. The van der Waals surface area contributed by atoms with Crippen molar-refractivity contribution in [2.75, 3.05) is 0 Å². The van der Waals surface area contributed by atoms with Crippen molar-refractivity contribution in [3.05, 3.63) is 138 Å². The van der Waals surface area contributed by atoms with Gasteiger partial charge in [0.25, 0.3) is 0 Å². The van der Waals surface area contributed by atoms with Gasteiger partial charge in [0.2, 0.25) is 11.4 Å². The van der Waals surface area contributed by atoms with Gasteiger partial charge in [-0.15, -0.1) is 0 Å². The van der Waals surface area contributed by atoms with Crippen molar-refractivity contribution in [2.45, 2.75) is 20.4 Å². The van der Waals surface area contributed by atoms with Gasteiger partial charge in [-0.05, 0) is 77.9 Å². The molecule has 0 aliphatic carbocycles. The number of aromatic nitrogens is 3. The lowest BCUT2D eigenvalue weighted by Crippen LogP contribution is -2.42. The average molecular weight is 471 g/mol. The molecule has 36 heavy (non-hydrogen) atoms.